The largest absolute Gasteiger partial charge is 0.382 e. The van der Waals surface area contributed by atoms with Crippen LogP contribution in [0.5, 0.6) is 0 Å². The van der Waals surface area contributed by atoms with Crippen LogP contribution in [0.1, 0.15) is 13.3 Å². The van der Waals surface area contributed by atoms with Gasteiger partial charge in [-0.1, -0.05) is 0 Å². The van der Waals surface area contributed by atoms with Gasteiger partial charge >= 0.3 is 10.3 Å². The number of hydrogen-bond acceptors (Lipinski definition) is 4. The third-order valence-corrected chi connectivity index (χ3v) is 1.67. The second-order valence-electron chi connectivity index (χ2n) is 2.15. The van der Waals surface area contributed by atoms with E-state index in [1.165, 1.54) is 0 Å². The van der Waals surface area contributed by atoms with Crippen LogP contribution in [0, 0.1) is 0 Å². The first-order valence-corrected chi connectivity index (χ1v) is 4.63. The monoisotopic (exact) mass is 183 g/mol. The zero-order chi connectivity index (χ0) is 8.91. The Morgan fingerprint density at radius 1 is 1.55 bits per heavy atom. The maximum Gasteiger partial charge on any atom is 0.333 e. The second-order valence-corrected chi connectivity index (χ2v) is 3.37. The molecule has 2 N–H and O–H groups in total. The van der Waals surface area contributed by atoms with Crippen molar-refractivity contribution in [1.29, 1.82) is 0 Å². The first kappa shape index (κ1) is 10.8. The molecule has 0 aliphatic carbocycles. The van der Waals surface area contributed by atoms with Crippen molar-refractivity contribution in [3.63, 3.8) is 0 Å². The lowest BCUT2D eigenvalue weighted by Gasteiger charge is -2.07. The molecule has 0 saturated carbocycles. The van der Waals surface area contributed by atoms with E-state index in [1.54, 1.807) is 7.11 Å². The Bertz CT molecular complexity index is 189. The summed E-state index contributed by atoms with van der Waals surface area (Å²) in [7, 11) is -2.24. The molecule has 0 amide bonds. The van der Waals surface area contributed by atoms with Crippen LogP contribution in [-0.4, -0.2) is 28.2 Å². The molecule has 0 aromatic heterocycles. The number of rotatable bonds is 5. The molecule has 0 fully saturated rings. The molecule has 5 nitrogen and oxygen atoms in total. The van der Waals surface area contributed by atoms with Gasteiger partial charge in [-0.15, -0.1) is 0 Å². The lowest BCUT2D eigenvalue weighted by Crippen LogP contribution is -2.18. The third-order valence-electron chi connectivity index (χ3n) is 1.17. The predicted octanol–water partition coefficient (Wildman–Crippen LogP) is -0.368. The van der Waals surface area contributed by atoms with Gasteiger partial charge in [0.2, 0.25) is 0 Å². The van der Waals surface area contributed by atoms with E-state index < -0.39 is 10.3 Å². The van der Waals surface area contributed by atoms with Crippen molar-refractivity contribution in [3.05, 3.63) is 0 Å². The Kier molecular flexibility index (Phi) is 4.58. The van der Waals surface area contributed by atoms with Crippen molar-refractivity contribution in [2.45, 2.75) is 19.4 Å². The molecule has 0 aromatic carbocycles. The summed E-state index contributed by atoms with van der Waals surface area (Å²) in [4.78, 5) is 0. The Balaban J connectivity index is 3.43. The fraction of sp³-hybridized carbons (Fsp3) is 1.00. The fourth-order valence-corrected chi connectivity index (χ4v) is 0.777. The summed E-state index contributed by atoms with van der Waals surface area (Å²) in [5.41, 5.74) is 0. The first-order valence-electron chi connectivity index (χ1n) is 3.15. The van der Waals surface area contributed by atoms with Crippen molar-refractivity contribution in [3.8, 4) is 0 Å². The molecule has 68 valence electrons. The highest BCUT2D eigenvalue weighted by Crippen LogP contribution is 1.96. The summed E-state index contributed by atoms with van der Waals surface area (Å²) in [6, 6.07) is 0. The predicted molar refractivity (Wildman–Crippen MR) is 40.1 cm³/mol. The molecule has 11 heavy (non-hydrogen) atoms. The molecule has 0 rings (SSSR count). The number of methoxy groups -OCH3 is 1. The molecule has 0 heterocycles. The lowest BCUT2D eigenvalue weighted by atomic mass is 10.3. The van der Waals surface area contributed by atoms with E-state index in [1.807, 2.05) is 6.92 Å². The summed E-state index contributed by atoms with van der Waals surface area (Å²) < 4.78 is 29.6. The molecule has 0 radical (unpaired) electrons. The highest BCUT2D eigenvalue weighted by atomic mass is 32.2. The van der Waals surface area contributed by atoms with Crippen molar-refractivity contribution < 1.29 is 17.3 Å². The van der Waals surface area contributed by atoms with Crippen LogP contribution >= 0.6 is 0 Å². The van der Waals surface area contributed by atoms with Crippen molar-refractivity contribution in [2.24, 2.45) is 5.14 Å². The van der Waals surface area contributed by atoms with Crippen LogP contribution in [0.4, 0.5) is 0 Å². The smallest absolute Gasteiger partial charge is 0.333 e. The SMILES string of the molecule is COC(C)CCOS(N)(=O)=O. The summed E-state index contributed by atoms with van der Waals surface area (Å²) in [6.45, 7) is 1.88. The molecule has 0 spiro atoms. The van der Waals surface area contributed by atoms with Gasteiger partial charge in [-0.2, -0.15) is 8.42 Å². The van der Waals surface area contributed by atoms with E-state index in [0.29, 0.717) is 6.42 Å². The molecule has 0 aliphatic heterocycles. The summed E-state index contributed by atoms with van der Waals surface area (Å²) in [6.07, 6.45) is 0.490. The van der Waals surface area contributed by atoms with Gasteiger partial charge < -0.3 is 4.74 Å². The van der Waals surface area contributed by atoms with Gasteiger partial charge in [-0.3, -0.25) is 4.18 Å². The molecular formula is C5H13NO4S. The minimum Gasteiger partial charge on any atom is -0.382 e. The molecule has 1 unspecified atom stereocenters. The first-order chi connectivity index (χ1) is 4.95. The number of ether oxygens (including phenoxy) is 1. The third kappa shape index (κ3) is 7.73. The van der Waals surface area contributed by atoms with Gasteiger partial charge in [0.25, 0.3) is 0 Å². The standard InChI is InChI=1S/C5H13NO4S/c1-5(9-2)3-4-10-11(6,7)8/h5H,3-4H2,1-2H3,(H2,6,7,8). The molecule has 0 bridgehead atoms. The van der Waals surface area contributed by atoms with Crippen molar-refractivity contribution in [2.75, 3.05) is 13.7 Å². The van der Waals surface area contributed by atoms with Crippen molar-refractivity contribution in [1.82, 2.24) is 0 Å². The summed E-state index contributed by atoms with van der Waals surface area (Å²) >= 11 is 0. The average Bonchev–Trinajstić information content (AvgIpc) is 1.85. The molecule has 0 saturated heterocycles. The van der Waals surface area contributed by atoms with Crippen LogP contribution in [0.25, 0.3) is 0 Å². The summed E-state index contributed by atoms with van der Waals surface area (Å²) in [5, 5.41) is 4.57. The zero-order valence-electron chi connectivity index (χ0n) is 6.61. The van der Waals surface area contributed by atoms with E-state index >= 15 is 0 Å². The van der Waals surface area contributed by atoms with Crippen LogP contribution in [-0.2, 0) is 19.2 Å². The topological polar surface area (TPSA) is 78.6 Å². The van der Waals surface area contributed by atoms with E-state index in [0.717, 1.165) is 0 Å². The molecule has 1 atom stereocenters. The minimum atomic E-state index is -3.78. The lowest BCUT2D eigenvalue weighted by molar-refractivity contribution is 0.0966. The van der Waals surface area contributed by atoms with Crippen LogP contribution in [0.3, 0.4) is 0 Å². The van der Waals surface area contributed by atoms with E-state index in [9.17, 15) is 8.42 Å². The quantitative estimate of drug-likeness (QED) is 0.630. The Labute approximate surface area is 66.7 Å². The van der Waals surface area contributed by atoms with Gasteiger partial charge in [-0.05, 0) is 13.3 Å². The maximum atomic E-state index is 10.2. The van der Waals surface area contributed by atoms with Gasteiger partial charge in [-0.25, -0.2) is 5.14 Å². The van der Waals surface area contributed by atoms with Crippen LogP contribution in [0.15, 0.2) is 0 Å². The highest BCUT2D eigenvalue weighted by molar-refractivity contribution is 7.84. The van der Waals surface area contributed by atoms with Gasteiger partial charge in [0.05, 0.1) is 12.7 Å². The zero-order valence-corrected chi connectivity index (χ0v) is 7.43. The molecule has 0 aliphatic rings. The van der Waals surface area contributed by atoms with Crippen LogP contribution < -0.4 is 5.14 Å². The minimum absolute atomic E-state index is 0.0169. The Morgan fingerprint density at radius 3 is 2.45 bits per heavy atom. The van der Waals surface area contributed by atoms with Gasteiger partial charge in [0.1, 0.15) is 0 Å². The average molecular weight is 183 g/mol. The highest BCUT2D eigenvalue weighted by Gasteiger charge is 2.04. The molecule has 6 heteroatoms. The molecule has 0 aromatic rings. The van der Waals surface area contributed by atoms with Gasteiger partial charge in [0.15, 0.2) is 0 Å². The van der Waals surface area contributed by atoms with Crippen LogP contribution in [0.2, 0.25) is 0 Å². The van der Waals surface area contributed by atoms with E-state index in [4.69, 9.17) is 4.74 Å². The van der Waals surface area contributed by atoms with Gasteiger partial charge in [0, 0.05) is 7.11 Å². The normalized spacial score (nSPS) is 14.8. The van der Waals surface area contributed by atoms with Crippen molar-refractivity contribution >= 4 is 10.3 Å². The Morgan fingerprint density at radius 2 is 2.09 bits per heavy atom. The maximum absolute atomic E-state index is 10.2. The summed E-state index contributed by atoms with van der Waals surface area (Å²) in [5.74, 6) is 0. The molecular weight excluding hydrogens is 170 g/mol. The number of hydrogen-bond donors (Lipinski definition) is 1. The number of nitrogens with two attached hydrogens (primary N) is 1. The second kappa shape index (κ2) is 4.66. The fourth-order valence-electron chi connectivity index (χ4n) is 0.448. The van der Waals surface area contributed by atoms with E-state index in [-0.39, 0.29) is 12.7 Å². The Hall–Kier alpha value is -0.170. The van der Waals surface area contributed by atoms with E-state index in [2.05, 4.69) is 9.32 Å².